The van der Waals surface area contributed by atoms with Gasteiger partial charge in [-0.05, 0) is 30.3 Å². The maximum Gasteiger partial charge on any atom is 0.355 e. The largest absolute Gasteiger partial charge is 0.496 e. The zero-order valence-electron chi connectivity index (χ0n) is 12.6. The Hall–Kier alpha value is -3.00. The van der Waals surface area contributed by atoms with Gasteiger partial charge < -0.3 is 14.5 Å². The fraction of sp³-hybridized carbons (Fsp3) is 0.133. The van der Waals surface area contributed by atoms with E-state index < -0.39 is 24.4 Å². The van der Waals surface area contributed by atoms with E-state index in [0.717, 1.165) is 0 Å². The van der Waals surface area contributed by atoms with Gasteiger partial charge in [-0.2, -0.15) is 0 Å². The zero-order valence-corrected chi connectivity index (χ0v) is 13.3. The second kappa shape index (κ2) is 8.02. The number of hydrogen-bond donors (Lipinski definition) is 3. The number of halogens is 1. The number of H-pyrrole nitrogens is 1. The van der Waals surface area contributed by atoms with Crippen LogP contribution in [-0.2, 0) is 9.53 Å². The quantitative estimate of drug-likeness (QED) is 0.555. The lowest BCUT2D eigenvalue weighted by molar-refractivity contribution is -0.125. The van der Waals surface area contributed by atoms with Crippen molar-refractivity contribution in [3.05, 3.63) is 52.8 Å². The van der Waals surface area contributed by atoms with Crippen LogP contribution in [0.4, 0.5) is 0 Å². The van der Waals surface area contributed by atoms with Gasteiger partial charge in [0.2, 0.25) is 0 Å². The summed E-state index contributed by atoms with van der Waals surface area (Å²) in [5.41, 5.74) is 4.68. The van der Waals surface area contributed by atoms with E-state index >= 15 is 0 Å². The molecule has 3 N–H and O–H groups in total. The number of methoxy groups -OCH3 is 1. The minimum atomic E-state index is -0.704. The minimum Gasteiger partial charge on any atom is -0.496 e. The van der Waals surface area contributed by atoms with Gasteiger partial charge in [0.25, 0.3) is 11.8 Å². The number of hydrazine groups is 1. The average Bonchev–Trinajstić information content (AvgIpc) is 3.12. The smallest absolute Gasteiger partial charge is 0.355 e. The highest BCUT2D eigenvalue weighted by molar-refractivity contribution is 6.31. The van der Waals surface area contributed by atoms with E-state index in [0.29, 0.717) is 10.8 Å². The number of carbonyl (C=O) groups is 3. The predicted molar refractivity (Wildman–Crippen MR) is 84.7 cm³/mol. The van der Waals surface area contributed by atoms with E-state index in [4.69, 9.17) is 21.1 Å². The Morgan fingerprint density at radius 1 is 1.21 bits per heavy atom. The lowest BCUT2D eigenvalue weighted by atomic mass is 10.2. The SMILES string of the molecule is COc1ccc(Cl)cc1C(=O)NNC(=O)COC(=O)c1ccc[nH]1. The molecule has 0 fully saturated rings. The molecule has 24 heavy (non-hydrogen) atoms. The van der Waals surface area contributed by atoms with Crippen molar-refractivity contribution in [3.63, 3.8) is 0 Å². The first-order chi connectivity index (χ1) is 11.5. The molecule has 0 saturated carbocycles. The maximum atomic E-state index is 12.0. The van der Waals surface area contributed by atoms with Gasteiger partial charge in [-0.25, -0.2) is 4.79 Å². The average molecular weight is 352 g/mol. The molecule has 0 aliphatic carbocycles. The summed E-state index contributed by atoms with van der Waals surface area (Å²) >= 11 is 5.83. The summed E-state index contributed by atoms with van der Waals surface area (Å²) in [5, 5.41) is 0.340. The van der Waals surface area contributed by atoms with Crippen LogP contribution in [0.1, 0.15) is 20.8 Å². The molecule has 2 amide bonds. The molecule has 0 aliphatic rings. The molecular formula is C15H14ClN3O5. The van der Waals surface area contributed by atoms with Crippen molar-refractivity contribution < 1.29 is 23.9 Å². The Kier molecular flexibility index (Phi) is 5.80. The van der Waals surface area contributed by atoms with Crippen molar-refractivity contribution in [3.8, 4) is 5.75 Å². The van der Waals surface area contributed by atoms with Crippen molar-refractivity contribution >= 4 is 29.4 Å². The van der Waals surface area contributed by atoms with Gasteiger partial charge in [0, 0.05) is 11.2 Å². The topological polar surface area (TPSA) is 110 Å². The monoisotopic (exact) mass is 351 g/mol. The van der Waals surface area contributed by atoms with Crippen LogP contribution >= 0.6 is 11.6 Å². The number of aromatic nitrogens is 1. The van der Waals surface area contributed by atoms with E-state index in [9.17, 15) is 14.4 Å². The van der Waals surface area contributed by atoms with Crippen LogP contribution in [0.5, 0.6) is 5.75 Å². The number of aromatic amines is 1. The summed E-state index contributed by atoms with van der Waals surface area (Å²) in [6.07, 6.45) is 1.55. The first kappa shape index (κ1) is 17.4. The van der Waals surface area contributed by atoms with Crippen LogP contribution < -0.4 is 15.6 Å². The molecule has 0 unspecified atom stereocenters. The summed E-state index contributed by atoms with van der Waals surface area (Å²) < 4.78 is 9.81. The van der Waals surface area contributed by atoms with Gasteiger partial charge in [0.1, 0.15) is 11.4 Å². The highest BCUT2D eigenvalue weighted by Gasteiger charge is 2.15. The van der Waals surface area contributed by atoms with Gasteiger partial charge in [-0.3, -0.25) is 20.4 Å². The van der Waals surface area contributed by atoms with Crippen LogP contribution in [0, 0.1) is 0 Å². The summed E-state index contributed by atoms with van der Waals surface area (Å²) in [4.78, 5) is 37.8. The first-order valence-electron chi connectivity index (χ1n) is 6.74. The molecule has 0 spiro atoms. The zero-order chi connectivity index (χ0) is 17.5. The van der Waals surface area contributed by atoms with E-state index in [1.165, 1.54) is 25.3 Å². The van der Waals surface area contributed by atoms with Gasteiger partial charge in [0.05, 0.1) is 12.7 Å². The molecule has 0 atom stereocenters. The number of nitrogens with one attached hydrogen (secondary N) is 3. The molecule has 0 saturated heterocycles. The van der Waals surface area contributed by atoms with Gasteiger partial charge >= 0.3 is 5.97 Å². The van der Waals surface area contributed by atoms with Crippen LogP contribution in [0.15, 0.2) is 36.5 Å². The van der Waals surface area contributed by atoms with E-state index in [2.05, 4.69) is 15.8 Å². The first-order valence-corrected chi connectivity index (χ1v) is 7.12. The number of carbonyl (C=O) groups excluding carboxylic acids is 3. The molecule has 1 aromatic heterocycles. The Morgan fingerprint density at radius 2 is 2.00 bits per heavy atom. The van der Waals surface area contributed by atoms with Crippen molar-refractivity contribution in [2.24, 2.45) is 0 Å². The van der Waals surface area contributed by atoms with Crippen LogP contribution in [0.2, 0.25) is 5.02 Å². The molecular weight excluding hydrogens is 338 g/mol. The molecule has 1 aromatic carbocycles. The summed E-state index contributed by atoms with van der Waals surface area (Å²) in [6, 6.07) is 7.61. The third-order valence-electron chi connectivity index (χ3n) is 2.87. The van der Waals surface area contributed by atoms with Gasteiger partial charge in [-0.1, -0.05) is 11.6 Å². The highest BCUT2D eigenvalue weighted by Crippen LogP contribution is 2.22. The summed E-state index contributed by atoms with van der Waals surface area (Å²) in [5.74, 6) is -1.72. The van der Waals surface area contributed by atoms with E-state index in [-0.39, 0.29) is 11.3 Å². The summed E-state index contributed by atoms with van der Waals surface area (Å²) in [6.45, 7) is -0.551. The third-order valence-corrected chi connectivity index (χ3v) is 3.11. The van der Waals surface area contributed by atoms with Crippen LogP contribution in [0.3, 0.4) is 0 Å². The maximum absolute atomic E-state index is 12.0. The van der Waals surface area contributed by atoms with Crippen LogP contribution in [-0.4, -0.2) is 36.5 Å². The minimum absolute atomic E-state index is 0.147. The molecule has 2 aromatic rings. The Morgan fingerprint density at radius 3 is 2.67 bits per heavy atom. The van der Waals surface area contributed by atoms with Gasteiger partial charge in [0.15, 0.2) is 6.61 Å². The third kappa shape index (κ3) is 4.50. The van der Waals surface area contributed by atoms with Gasteiger partial charge in [-0.15, -0.1) is 0 Å². The number of esters is 1. The highest BCUT2D eigenvalue weighted by atomic mass is 35.5. The normalized spacial score (nSPS) is 9.92. The molecule has 2 rings (SSSR count). The van der Waals surface area contributed by atoms with Crippen molar-refractivity contribution in [2.75, 3.05) is 13.7 Å². The number of rotatable bonds is 5. The molecule has 8 nitrogen and oxygen atoms in total. The molecule has 9 heteroatoms. The second-order valence-corrected chi connectivity index (χ2v) is 4.94. The van der Waals surface area contributed by atoms with E-state index in [1.54, 1.807) is 18.3 Å². The molecule has 0 bridgehead atoms. The van der Waals surface area contributed by atoms with Crippen molar-refractivity contribution in [2.45, 2.75) is 0 Å². The van der Waals surface area contributed by atoms with E-state index in [1.807, 2.05) is 0 Å². The number of amides is 2. The molecule has 0 radical (unpaired) electrons. The lowest BCUT2D eigenvalue weighted by Crippen LogP contribution is -2.43. The fourth-order valence-electron chi connectivity index (χ4n) is 1.75. The number of ether oxygens (including phenoxy) is 2. The number of hydrogen-bond acceptors (Lipinski definition) is 5. The fourth-order valence-corrected chi connectivity index (χ4v) is 1.93. The Balaban J connectivity index is 1.84. The Labute approximate surface area is 142 Å². The standard InChI is InChI=1S/C15H14ClN3O5/c1-23-12-5-4-9(16)7-10(12)14(21)19-18-13(20)8-24-15(22)11-3-2-6-17-11/h2-7,17H,8H2,1H3,(H,18,20)(H,19,21). The van der Waals surface area contributed by atoms with Crippen LogP contribution in [0.25, 0.3) is 0 Å². The summed E-state index contributed by atoms with van der Waals surface area (Å²) in [7, 11) is 1.40. The van der Waals surface area contributed by atoms with Crippen molar-refractivity contribution in [1.29, 1.82) is 0 Å². The molecule has 126 valence electrons. The predicted octanol–water partition coefficient (Wildman–Crippen LogP) is 1.29. The lowest BCUT2D eigenvalue weighted by Gasteiger charge is -2.10. The molecule has 1 heterocycles. The van der Waals surface area contributed by atoms with Crippen molar-refractivity contribution in [1.82, 2.24) is 15.8 Å². The second-order valence-electron chi connectivity index (χ2n) is 4.51. The number of benzene rings is 1. The Bertz CT molecular complexity index is 746. The molecule has 0 aliphatic heterocycles.